The Morgan fingerprint density at radius 2 is 0.909 bits per heavy atom. The normalized spacial score (nSPS) is 18.5. The predicted octanol–water partition coefficient (Wildman–Crippen LogP) is 5.43. The van der Waals surface area contributed by atoms with Gasteiger partial charge in [-0.05, 0) is 63.8 Å². The minimum Gasteiger partial charge on any atom is -0.206 e. The Morgan fingerprint density at radius 3 is 1.21 bits per heavy atom. The van der Waals surface area contributed by atoms with Gasteiger partial charge >= 0.3 is 0 Å². The Kier molecular flexibility index (Phi) is 7.55. The van der Waals surface area contributed by atoms with Crippen LogP contribution in [0.2, 0.25) is 0 Å². The Labute approximate surface area is 202 Å². The summed E-state index contributed by atoms with van der Waals surface area (Å²) in [5.41, 5.74) is 1.95. The van der Waals surface area contributed by atoms with Gasteiger partial charge in [0.25, 0.3) is 20.0 Å². The summed E-state index contributed by atoms with van der Waals surface area (Å²) < 4.78 is 57.9. The topological polar surface area (TPSA) is 74.8 Å². The fraction of sp³-hybridized carbons (Fsp3) is 0.500. The third-order valence-electron chi connectivity index (χ3n) is 6.52. The second-order valence-corrected chi connectivity index (χ2v) is 14.1. The molecule has 0 heterocycles. The van der Waals surface area contributed by atoms with Gasteiger partial charge in [-0.2, -0.15) is 0 Å². The molecule has 0 bridgehead atoms. The molecule has 180 valence electrons. The first-order chi connectivity index (χ1) is 15.7. The fourth-order valence-corrected chi connectivity index (χ4v) is 9.76. The van der Waals surface area contributed by atoms with Crippen LogP contribution >= 0.6 is 12.1 Å². The maximum Gasteiger partial charge on any atom is 0.253 e. The highest BCUT2D eigenvalue weighted by Gasteiger charge is 2.42. The maximum absolute atomic E-state index is 13.8. The molecule has 4 rings (SSSR count). The van der Waals surface area contributed by atoms with E-state index in [1.54, 1.807) is 48.5 Å². The second-order valence-electron chi connectivity index (χ2n) is 9.11. The molecule has 2 fully saturated rings. The van der Waals surface area contributed by atoms with Crippen molar-refractivity contribution in [2.75, 3.05) is 0 Å². The van der Waals surface area contributed by atoms with Crippen molar-refractivity contribution in [3.05, 3.63) is 59.7 Å². The number of nitrogens with zero attached hydrogens (tertiary/aromatic N) is 2. The Hall–Kier alpha value is -1.39. The molecule has 2 aromatic carbocycles. The van der Waals surface area contributed by atoms with Crippen molar-refractivity contribution in [2.45, 2.75) is 87.1 Å². The standard InChI is InChI=1S/C24H32N2O4S3/c1-19-11-15-23(16-12-19)32(27,28)25(21-7-3-4-8-21)31-26(22-9-5-6-10-22)33(29,30)24-17-13-20(2)14-18-24/h11-18,21-22H,3-10H2,1-2H3. The average Bonchev–Trinajstić information content (AvgIpc) is 3.49. The van der Waals surface area contributed by atoms with Gasteiger partial charge in [-0.3, -0.25) is 0 Å². The highest BCUT2D eigenvalue weighted by atomic mass is 32.3. The molecule has 6 nitrogen and oxygen atoms in total. The van der Waals surface area contributed by atoms with E-state index in [4.69, 9.17) is 0 Å². The zero-order valence-corrected chi connectivity index (χ0v) is 21.6. The van der Waals surface area contributed by atoms with Crippen molar-refractivity contribution in [1.29, 1.82) is 0 Å². The van der Waals surface area contributed by atoms with Crippen LogP contribution in [0.3, 0.4) is 0 Å². The van der Waals surface area contributed by atoms with Crippen molar-refractivity contribution in [2.24, 2.45) is 0 Å². The van der Waals surface area contributed by atoms with Gasteiger partial charge in [0.15, 0.2) is 0 Å². The summed E-state index contributed by atoms with van der Waals surface area (Å²) >= 11 is 0.887. The molecule has 0 N–H and O–H groups in total. The number of aryl methyl sites for hydroxylation is 2. The highest BCUT2D eigenvalue weighted by molar-refractivity contribution is 8.13. The van der Waals surface area contributed by atoms with E-state index in [0.717, 1.165) is 74.6 Å². The molecule has 9 heteroatoms. The summed E-state index contributed by atoms with van der Waals surface area (Å²) in [6, 6.07) is 13.1. The van der Waals surface area contributed by atoms with Crippen LogP contribution in [0.15, 0.2) is 58.3 Å². The largest absolute Gasteiger partial charge is 0.253 e. The van der Waals surface area contributed by atoms with Gasteiger partial charge in [-0.1, -0.05) is 61.1 Å². The third kappa shape index (κ3) is 5.32. The van der Waals surface area contributed by atoms with Gasteiger partial charge in [0.2, 0.25) is 0 Å². The molecule has 0 saturated heterocycles. The molecular formula is C24H32N2O4S3. The fourth-order valence-electron chi connectivity index (χ4n) is 4.55. The first-order valence-corrected chi connectivity index (χ1v) is 15.2. The quantitative estimate of drug-likeness (QED) is 0.444. The molecule has 0 aliphatic heterocycles. The van der Waals surface area contributed by atoms with Crippen LogP contribution in [-0.4, -0.2) is 36.3 Å². The lowest BCUT2D eigenvalue weighted by Gasteiger charge is -2.34. The van der Waals surface area contributed by atoms with Crippen molar-refractivity contribution < 1.29 is 16.8 Å². The molecule has 0 spiro atoms. The predicted molar refractivity (Wildman–Crippen MR) is 133 cm³/mol. The average molecular weight is 509 g/mol. The van der Waals surface area contributed by atoms with E-state index >= 15 is 0 Å². The van der Waals surface area contributed by atoms with E-state index in [1.165, 1.54) is 7.42 Å². The van der Waals surface area contributed by atoms with Gasteiger partial charge in [0.05, 0.1) is 9.79 Å². The molecule has 2 aliphatic carbocycles. The monoisotopic (exact) mass is 508 g/mol. The van der Waals surface area contributed by atoms with Crippen molar-refractivity contribution >= 4 is 32.2 Å². The van der Waals surface area contributed by atoms with E-state index in [9.17, 15) is 16.8 Å². The van der Waals surface area contributed by atoms with Crippen LogP contribution < -0.4 is 0 Å². The van der Waals surface area contributed by atoms with Crippen molar-refractivity contribution in [3.8, 4) is 0 Å². The molecular weight excluding hydrogens is 476 g/mol. The number of benzene rings is 2. The lowest BCUT2D eigenvalue weighted by Crippen LogP contribution is -2.42. The molecule has 2 aliphatic rings. The smallest absolute Gasteiger partial charge is 0.206 e. The summed E-state index contributed by atoms with van der Waals surface area (Å²) in [5.74, 6) is 0. The van der Waals surface area contributed by atoms with E-state index < -0.39 is 20.0 Å². The molecule has 33 heavy (non-hydrogen) atoms. The first-order valence-electron chi connectivity index (χ1n) is 11.6. The molecule has 2 aromatic rings. The Morgan fingerprint density at radius 1 is 0.606 bits per heavy atom. The van der Waals surface area contributed by atoms with E-state index in [1.807, 2.05) is 13.8 Å². The van der Waals surface area contributed by atoms with E-state index in [0.29, 0.717) is 0 Å². The number of hydrogen-bond donors (Lipinski definition) is 0. The van der Waals surface area contributed by atoms with Gasteiger partial charge < -0.3 is 0 Å². The summed E-state index contributed by atoms with van der Waals surface area (Å²) in [4.78, 5) is 0.401. The number of rotatable bonds is 8. The van der Waals surface area contributed by atoms with Gasteiger partial charge in [-0.15, -0.1) is 7.42 Å². The molecule has 0 amide bonds. The summed E-state index contributed by atoms with van der Waals surface area (Å²) in [6.07, 6.45) is 6.72. The molecule has 0 atom stereocenters. The van der Waals surface area contributed by atoms with Crippen LogP contribution in [0.25, 0.3) is 0 Å². The first kappa shape index (κ1) is 24.7. The molecule has 0 aromatic heterocycles. The summed E-state index contributed by atoms with van der Waals surface area (Å²) in [6.45, 7) is 3.83. The van der Waals surface area contributed by atoms with Crippen molar-refractivity contribution in [1.82, 2.24) is 7.42 Å². The van der Waals surface area contributed by atoms with Gasteiger partial charge in [0.1, 0.15) is 0 Å². The van der Waals surface area contributed by atoms with E-state index in [2.05, 4.69) is 0 Å². The second kappa shape index (κ2) is 10.1. The SMILES string of the molecule is Cc1ccc(S(=O)(=O)N(SN(C2CCCC2)S(=O)(=O)c2ccc(C)cc2)C2CCCC2)cc1. The van der Waals surface area contributed by atoms with Crippen LogP contribution in [0.4, 0.5) is 0 Å². The third-order valence-corrected chi connectivity index (χ3v) is 12.3. The van der Waals surface area contributed by atoms with E-state index in [-0.39, 0.29) is 21.9 Å². The highest BCUT2D eigenvalue weighted by Crippen LogP contribution is 2.41. The maximum atomic E-state index is 13.8. The lowest BCUT2D eigenvalue weighted by molar-refractivity contribution is 0.425. The van der Waals surface area contributed by atoms with Gasteiger partial charge in [-0.25, -0.2) is 16.8 Å². The molecule has 0 unspecified atom stereocenters. The van der Waals surface area contributed by atoms with Crippen LogP contribution in [0.5, 0.6) is 0 Å². The minimum absolute atomic E-state index is 0.201. The van der Waals surface area contributed by atoms with Gasteiger partial charge in [0, 0.05) is 24.2 Å². The van der Waals surface area contributed by atoms with Crippen molar-refractivity contribution in [3.63, 3.8) is 0 Å². The molecule has 2 saturated carbocycles. The molecule has 0 radical (unpaired) electrons. The zero-order valence-electron chi connectivity index (χ0n) is 19.2. The zero-order chi connectivity index (χ0) is 23.6. The van der Waals surface area contributed by atoms with Crippen LogP contribution in [-0.2, 0) is 20.0 Å². The Balaban J connectivity index is 1.75. The Bertz CT molecular complexity index is 1060. The van der Waals surface area contributed by atoms with Crippen LogP contribution in [0.1, 0.15) is 62.5 Å². The minimum atomic E-state index is -3.88. The van der Waals surface area contributed by atoms with Crippen LogP contribution in [0, 0.1) is 13.8 Å². The number of sulfonamides is 2. The summed E-state index contributed by atoms with van der Waals surface area (Å²) in [5, 5.41) is 0. The lowest BCUT2D eigenvalue weighted by atomic mass is 10.2. The number of hydrogen-bond acceptors (Lipinski definition) is 5. The summed E-state index contributed by atoms with van der Waals surface area (Å²) in [7, 11) is -7.77.